The zero-order valence-electron chi connectivity index (χ0n) is 14.1. The molecule has 0 atom stereocenters. The molecular weight excluding hydrogens is 322 g/mol. The number of nitrogens with zero attached hydrogens (tertiary/aromatic N) is 1. The molecule has 0 heterocycles. The number of halogens is 1. The number of anilines is 1. The van der Waals surface area contributed by atoms with Crippen LogP contribution in [-0.2, 0) is 11.2 Å². The summed E-state index contributed by atoms with van der Waals surface area (Å²) in [6.07, 6.45) is 0.915. The van der Waals surface area contributed by atoms with Crippen LogP contribution in [-0.4, -0.2) is 37.0 Å². The van der Waals surface area contributed by atoms with E-state index in [1.54, 1.807) is 0 Å². The van der Waals surface area contributed by atoms with Gasteiger partial charge >= 0.3 is 0 Å². The molecule has 130 valence electrons. The Hall–Kier alpha value is -1.88. The Morgan fingerprint density at radius 2 is 1.71 bits per heavy atom. The van der Waals surface area contributed by atoms with Crippen LogP contribution in [0.2, 0.25) is 0 Å². The molecule has 0 aliphatic heterocycles. The van der Waals surface area contributed by atoms with E-state index in [1.165, 1.54) is 11.1 Å². The number of nitrogens with one attached hydrogen (secondary N) is 1. The van der Waals surface area contributed by atoms with Crippen LogP contribution >= 0.6 is 12.4 Å². The first-order valence-electron chi connectivity index (χ1n) is 8.00. The van der Waals surface area contributed by atoms with Crippen LogP contribution in [0.5, 0.6) is 0 Å². The van der Waals surface area contributed by atoms with Gasteiger partial charge in [-0.1, -0.05) is 48.0 Å². The fourth-order valence-corrected chi connectivity index (χ4v) is 2.42. The molecule has 0 saturated carbocycles. The van der Waals surface area contributed by atoms with Crippen molar-refractivity contribution in [3.63, 3.8) is 0 Å². The minimum atomic E-state index is -0.00429. The maximum absolute atomic E-state index is 12.2. The summed E-state index contributed by atoms with van der Waals surface area (Å²) >= 11 is 0. The molecular formula is C19H26ClN3O. The van der Waals surface area contributed by atoms with Crippen molar-refractivity contribution in [2.75, 3.05) is 31.5 Å². The number of hydrogen-bond acceptors (Lipinski definition) is 3. The van der Waals surface area contributed by atoms with Gasteiger partial charge in [-0.15, -0.1) is 12.4 Å². The molecule has 0 aliphatic carbocycles. The lowest BCUT2D eigenvalue weighted by Crippen LogP contribution is -2.37. The van der Waals surface area contributed by atoms with Crippen molar-refractivity contribution in [1.82, 2.24) is 4.90 Å². The van der Waals surface area contributed by atoms with Crippen LogP contribution in [0.15, 0.2) is 54.6 Å². The minimum Gasteiger partial charge on any atom is -0.329 e. The van der Waals surface area contributed by atoms with Gasteiger partial charge in [0, 0.05) is 25.3 Å². The van der Waals surface area contributed by atoms with E-state index in [0.717, 1.165) is 18.7 Å². The van der Waals surface area contributed by atoms with Gasteiger partial charge in [-0.25, -0.2) is 0 Å². The summed E-state index contributed by atoms with van der Waals surface area (Å²) in [5.41, 5.74) is 8.95. The lowest BCUT2D eigenvalue weighted by Gasteiger charge is -2.21. The maximum atomic E-state index is 12.2. The van der Waals surface area contributed by atoms with Gasteiger partial charge in [-0.2, -0.15) is 0 Å². The van der Waals surface area contributed by atoms with Crippen molar-refractivity contribution in [1.29, 1.82) is 0 Å². The molecule has 5 heteroatoms. The molecule has 24 heavy (non-hydrogen) atoms. The van der Waals surface area contributed by atoms with Crippen molar-refractivity contribution < 1.29 is 4.79 Å². The first-order valence-corrected chi connectivity index (χ1v) is 8.00. The Morgan fingerprint density at radius 1 is 1.04 bits per heavy atom. The number of nitrogens with two attached hydrogens (primary N) is 1. The molecule has 0 saturated heterocycles. The first kappa shape index (κ1) is 20.2. The van der Waals surface area contributed by atoms with Gasteiger partial charge in [0.15, 0.2) is 0 Å². The van der Waals surface area contributed by atoms with E-state index in [4.69, 9.17) is 5.73 Å². The summed E-state index contributed by atoms with van der Waals surface area (Å²) in [5, 5.41) is 2.93. The summed E-state index contributed by atoms with van der Waals surface area (Å²) < 4.78 is 0. The number of amides is 1. The number of aryl methyl sites for hydroxylation is 1. The Balaban J connectivity index is 0.00000288. The number of rotatable bonds is 8. The number of carbonyl (C=O) groups excluding carboxylic acids is 1. The fourth-order valence-electron chi connectivity index (χ4n) is 2.42. The van der Waals surface area contributed by atoms with Crippen molar-refractivity contribution in [3.05, 3.63) is 65.7 Å². The van der Waals surface area contributed by atoms with Gasteiger partial charge in [-0.3, -0.25) is 9.69 Å². The second-order valence-corrected chi connectivity index (χ2v) is 5.71. The molecule has 2 aromatic carbocycles. The molecule has 4 nitrogen and oxygen atoms in total. The summed E-state index contributed by atoms with van der Waals surface area (Å²) in [5.74, 6) is -0.00429. The number of benzene rings is 2. The van der Waals surface area contributed by atoms with Crippen LogP contribution in [0.25, 0.3) is 0 Å². The van der Waals surface area contributed by atoms with Crippen molar-refractivity contribution >= 4 is 24.0 Å². The van der Waals surface area contributed by atoms with E-state index >= 15 is 0 Å². The van der Waals surface area contributed by atoms with E-state index in [0.29, 0.717) is 19.6 Å². The predicted molar refractivity (Wildman–Crippen MR) is 103 cm³/mol. The van der Waals surface area contributed by atoms with Gasteiger partial charge < -0.3 is 11.1 Å². The van der Waals surface area contributed by atoms with Crippen LogP contribution in [0.3, 0.4) is 0 Å². The molecule has 0 aromatic heterocycles. The van der Waals surface area contributed by atoms with Gasteiger partial charge in [0.1, 0.15) is 0 Å². The largest absolute Gasteiger partial charge is 0.329 e. The molecule has 0 aliphatic rings. The summed E-state index contributed by atoms with van der Waals surface area (Å²) in [6.45, 7) is 4.47. The topological polar surface area (TPSA) is 58.4 Å². The van der Waals surface area contributed by atoms with Gasteiger partial charge in [0.2, 0.25) is 5.91 Å². The van der Waals surface area contributed by atoms with Gasteiger partial charge in [0.25, 0.3) is 0 Å². The molecule has 0 spiro atoms. The van der Waals surface area contributed by atoms with Crippen molar-refractivity contribution in [2.24, 2.45) is 5.73 Å². The fraction of sp³-hybridized carbons (Fsp3) is 0.316. The quantitative estimate of drug-likeness (QED) is 0.772. The van der Waals surface area contributed by atoms with Crippen LogP contribution < -0.4 is 11.1 Å². The third kappa shape index (κ3) is 7.13. The molecule has 2 aromatic rings. The van der Waals surface area contributed by atoms with Crippen LogP contribution in [0.1, 0.15) is 11.1 Å². The summed E-state index contributed by atoms with van der Waals surface area (Å²) in [4.78, 5) is 14.3. The highest BCUT2D eigenvalue weighted by molar-refractivity contribution is 5.92. The monoisotopic (exact) mass is 347 g/mol. The lowest BCUT2D eigenvalue weighted by atomic mass is 10.1. The highest BCUT2D eigenvalue weighted by atomic mass is 35.5. The van der Waals surface area contributed by atoms with E-state index in [9.17, 15) is 4.79 Å². The molecule has 3 N–H and O–H groups in total. The highest BCUT2D eigenvalue weighted by Crippen LogP contribution is 2.08. The SMILES string of the molecule is Cc1ccc(NC(=O)CN(CCN)CCc2ccccc2)cc1.Cl. The maximum Gasteiger partial charge on any atom is 0.238 e. The van der Waals surface area contributed by atoms with Crippen LogP contribution in [0, 0.1) is 6.92 Å². The Morgan fingerprint density at radius 3 is 2.33 bits per heavy atom. The molecule has 0 radical (unpaired) electrons. The van der Waals surface area contributed by atoms with E-state index in [1.807, 2.05) is 49.4 Å². The average molecular weight is 348 g/mol. The molecule has 2 rings (SSSR count). The molecule has 0 fully saturated rings. The Labute approximate surface area is 150 Å². The predicted octanol–water partition coefficient (Wildman–Crippen LogP) is 2.86. The molecule has 0 bridgehead atoms. The molecule has 0 unspecified atom stereocenters. The lowest BCUT2D eigenvalue weighted by molar-refractivity contribution is -0.117. The van der Waals surface area contributed by atoms with E-state index in [-0.39, 0.29) is 18.3 Å². The third-order valence-electron chi connectivity index (χ3n) is 3.71. The van der Waals surface area contributed by atoms with E-state index < -0.39 is 0 Å². The Bertz CT molecular complexity index is 602. The minimum absolute atomic E-state index is 0. The zero-order chi connectivity index (χ0) is 16.5. The smallest absolute Gasteiger partial charge is 0.238 e. The number of carbonyl (C=O) groups is 1. The van der Waals surface area contributed by atoms with Crippen molar-refractivity contribution in [3.8, 4) is 0 Å². The highest BCUT2D eigenvalue weighted by Gasteiger charge is 2.10. The van der Waals surface area contributed by atoms with Crippen molar-refractivity contribution in [2.45, 2.75) is 13.3 Å². The number of hydrogen-bond donors (Lipinski definition) is 2. The van der Waals surface area contributed by atoms with E-state index in [2.05, 4.69) is 22.3 Å². The van der Waals surface area contributed by atoms with Gasteiger partial charge in [-0.05, 0) is 31.0 Å². The summed E-state index contributed by atoms with van der Waals surface area (Å²) in [6, 6.07) is 18.1. The third-order valence-corrected chi connectivity index (χ3v) is 3.71. The second-order valence-electron chi connectivity index (χ2n) is 5.71. The Kier molecular flexibility index (Phi) is 9.08. The first-order chi connectivity index (χ1) is 11.2. The second kappa shape index (κ2) is 10.8. The molecule has 1 amide bonds. The zero-order valence-corrected chi connectivity index (χ0v) is 14.9. The van der Waals surface area contributed by atoms with Crippen LogP contribution in [0.4, 0.5) is 5.69 Å². The normalized spacial score (nSPS) is 10.3. The van der Waals surface area contributed by atoms with Gasteiger partial charge in [0.05, 0.1) is 6.54 Å². The standard InChI is InChI=1S/C19H25N3O.ClH/c1-16-7-9-18(10-8-16)21-19(23)15-22(14-12-20)13-11-17-5-3-2-4-6-17;/h2-10H,11-15,20H2,1H3,(H,21,23);1H. The average Bonchev–Trinajstić information content (AvgIpc) is 2.56. The summed E-state index contributed by atoms with van der Waals surface area (Å²) in [7, 11) is 0.